The van der Waals surface area contributed by atoms with E-state index in [1.807, 2.05) is 17.5 Å². The van der Waals surface area contributed by atoms with Crippen LogP contribution in [-0.4, -0.2) is 69.2 Å². The Morgan fingerprint density at radius 3 is 2.80 bits per heavy atom. The number of carbonyl (C=O) groups is 4. The third kappa shape index (κ3) is 4.41. The Bertz CT molecular complexity index is 889. The van der Waals surface area contributed by atoms with Crippen molar-refractivity contribution in [2.75, 3.05) is 24.3 Å². The molecule has 2 amide bonds. The van der Waals surface area contributed by atoms with Crippen molar-refractivity contribution in [3.05, 3.63) is 33.7 Å². The lowest BCUT2D eigenvalue weighted by Gasteiger charge is -2.56. The van der Waals surface area contributed by atoms with E-state index in [1.54, 1.807) is 0 Å². The predicted molar refractivity (Wildman–Crippen MR) is 113 cm³/mol. The number of β-lactam (4-membered cyclic amide) rings is 1. The minimum absolute atomic E-state index is 0.0844. The van der Waals surface area contributed by atoms with Crippen LogP contribution in [0.5, 0.6) is 0 Å². The van der Waals surface area contributed by atoms with Crippen molar-refractivity contribution in [2.24, 2.45) is 0 Å². The maximum atomic E-state index is 13.1. The van der Waals surface area contributed by atoms with Gasteiger partial charge in [-0.15, -0.1) is 23.1 Å². The molecule has 0 spiro atoms. The molecule has 0 unspecified atom stereocenters. The number of carboxylic acids is 1. The number of aliphatic carboxylic acids is 1. The fourth-order valence-corrected chi connectivity index (χ4v) is 5.45. The first kappa shape index (κ1) is 22.8. The minimum atomic E-state index is -1.65. The first-order chi connectivity index (χ1) is 14.3. The van der Waals surface area contributed by atoms with Gasteiger partial charge in [0.05, 0.1) is 13.0 Å². The highest BCUT2D eigenvalue weighted by atomic mass is 79.9. The third-order valence-corrected chi connectivity index (χ3v) is 6.98. The first-order valence-corrected chi connectivity index (χ1v) is 11.9. The number of carbonyl (C=O) groups excluding carboxylic acids is 3. The quantitative estimate of drug-likeness (QED) is 0.217. The number of carboxylic acid groups (broad SMARTS) is 1. The van der Waals surface area contributed by atoms with E-state index in [-0.39, 0.29) is 31.1 Å². The summed E-state index contributed by atoms with van der Waals surface area (Å²) >= 11 is 5.90. The van der Waals surface area contributed by atoms with Gasteiger partial charge in [-0.05, 0) is 11.4 Å². The highest BCUT2D eigenvalue weighted by Gasteiger charge is 2.67. The first-order valence-electron chi connectivity index (χ1n) is 8.87. The maximum absolute atomic E-state index is 13.1. The lowest BCUT2D eigenvalue weighted by molar-refractivity contribution is -0.197. The molecule has 0 saturated carbocycles. The Hall–Kier alpha value is -1.89. The van der Waals surface area contributed by atoms with E-state index >= 15 is 0 Å². The lowest BCUT2D eigenvalue weighted by atomic mass is 9.97. The van der Waals surface area contributed by atoms with Crippen LogP contribution in [0.1, 0.15) is 11.8 Å². The van der Waals surface area contributed by atoms with Crippen LogP contribution in [0.15, 0.2) is 28.8 Å². The summed E-state index contributed by atoms with van der Waals surface area (Å²) in [5.41, 5.74) is -1.58. The van der Waals surface area contributed by atoms with E-state index in [9.17, 15) is 24.3 Å². The van der Waals surface area contributed by atoms with Gasteiger partial charge in [-0.1, -0.05) is 22.0 Å². The molecule has 162 valence electrons. The number of hydrogen-bond donors (Lipinski definition) is 2. The van der Waals surface area contributed by atoms with Crippen molar-refractivity contribution >= 4 is 62.8 Å². The Morgan fingerprint density at radius 2 is 2.20 bits per heavy atom. The van der Waals surface area contributed by atoms with Crippen LogP contribution < -0.4 is 5.32 Å². The van der Waals surface area contributed by atoms with Crippen LogP contribution >= 0.6 is 39.0 Å². The number of halogens is 1. The molecule has 2 N–H and O–H groups in total. The van der Waals surface area contributed by atoms with Gasteiger partial charge < -0.3 is 19.9 Å². The molecule has 1 fully saturated rings. The van der Waals surface area contributed by atoms with Crippen LogP contribution in [0.3, 0.4) is 0 Å². The predicted octanol–water partition coefficient (Wildman–Crippen LogP) is 1.33. The summed E-state index contributed by atoms with van der Waals surface area (Å²) in [5.74, 6) is -2.71. The maximum Gasteiger partial charge on any atom is 0.352 e. The van der Waals surface area contributed by atoms with E-state index in [2.05, 4.69) is 21.2 Å². The number of fused-ring (bicyclic) bond motifs is 1. The van der Waals surface area contributed by atoms with Crippen molar-refractivity contribution < 1.29 is 33.8 Å². The number of thiophene rings is 1. The second-order valence-corrected chi connectivity index (χ2v) is 9.35. The Morgan fingerprint density at radius 1 is 1.43 bits per heavy atom. The SMILES string of the molecule is CC(=O)OCC1=C(C(=O)O)N2C(=O)[C@@](NC(=O)Cc3cccs3)(OCCBr)[C@H]2SC1. The van der Waals surface area contributed by atoms with E-state index in [0.29, 0.717) is 10.9 Å². The van der Waals surface area contributed by atoms with Crippen molar-refractivity contribution in [1.29, 1.82) is 0 Å². The van der Waals surface area contributed by atoms with Gasteiger partial charge >= 0.3 is 11.9 Å². The average Bonchev–Trinajstić information content (AvgIpc) is 3.21. The molecule has 12 heteroatoms. The standard InChI is InChI=1S/C18H19BrN2O7S2/c1-10(22)27-8-11-9-30-17-18(28-5-4-19,16(26)21(17)14(11)15(24)25)20-13(23)7-12-3-2-6-29-12/h2-3,6,17H,4-5,7-9H2,1H3,(H,20,23)(H,24,25)/t17-,18-/m1/s1. The molecule has 2 aliphatic heterocycles. The van der Waals surface area contributed by atoms with Crippen molar-refractivity contribution in [1.82, 2.24) is 10.2 Å². The molecule has 1 saturated heterocycles. The number of esters is 1. The van der Waals surface area contributed by atoms with Gasteiger partial charge in [-0.3, -0.25) is 19.3 Å². The molecule has 3 rings (SSSR count). The fraction of sp³-hybridized carbons (Fsp3) is 0.444. The van der Waals surface area contributed by atoms with Crippen LogP contribution in [-0.2, 0) is 35.1 Å². The molecule has 0 aliphatic carbocycles. The van der Waals surface area contributed by atoms with Crippen molar-refractivity contribution in [2.45, 2.75) is 24.4 Å². The van der Waals surface area contributed by atoms with Gasteiger partial charge in [0.25, 0.3) is 11.6 Å². The van der Waals surface area contributed by atoms with Gasteiger partial charge in [-0.25, -0.2) is 4.79 Å². The van der Waals surface area contributed by atoms with Gasteiger partial charge in [0.2, 0.25) is 5.91 Å². The number of ether oxygens (including phenoxy) is 2. The molecular weight excluding hydrogens is 500 g/mol. The molecule has 0 bridgehead atoms. The number of nitrogens with zero attached hydrogens (tertiary/aromatic N) is 1. The molecule has 1 aromatic heterocycles. The Labute approximate surface area is 188 Å². The third-order valence-electron chi connectivity index (χ3n) is 4.41. The molecule has 2 aliphatic rings. The van der Waals surface area contributed by atoms with Crippen LogP contribution in [0.4, 0.5) is 0 Å². The zero-order valence-corrected chi connectivity index (χ0v) is 19.1. The van der Waals surface area contributed by atoms with Crippen LogP contribution in [0.2, 0.25) is 0 Å². The summed E-state index contributed by atoms with van der Waals surface area (Å²) in [6.45, 7) is 1.14. The summed E-state index contributed by atoms with van der Waals surface area (Å²) in [5, 5.41) is 13.9. The van der Waals surface area contributed by atoms with Crippen molar-refractivity contribution in [3.8, 4) is 0 Å². The Balaban J connectivity index is 1.85. The molecule has 0 aromatic carbocycles. The van der Waals surface area contributed by atoms with E-state index in [4.69, 9.17) is 9.47 Å². The average molecular weight is 519 g/mol. The molecular formula is C18H19BrN2O7S2. The van der Waals surface area contributed by atoms with E-state index in [0.717, 1.165) is 9.78 Å². The summed E-state index contributed by atoms with van der Waals surface area (Å²) in [6.07, 6.45) is 0.0844. The topological polar surface area (TPSA) is 122 Å². The zero-order chi connectivity index (χ0) is 21.9. The number of nitrogens with one attached hydrogen (secondary N) is 1. The smallest absolute Gasteiger partial charge is 0.352 e. The van der Waals surface area contributed by atoms with Gasteiger partial charge in [-0.2, -0.15) is 0 Å². The van der Waals surface area contributed by atoms with E-state index < -0.39 is 34.9 Å². The zero-order valence-electron chi connectivity index (χ0n) is 15.9. The molecule has 9 nitrogen and oxygen atoms in total. The van der Waals surface area contributed by atoms with Gasteiger partial charge in [0.15, 0.2) is 0 Å². The van der Waals surface area contributed by atoms with Gasteiger partial charge in [0.1, 0.15) is 17.7 Å². The number of hydrogen-bond acceptors (Lipinski definition) is 8. The number of rotatable bonds is 9. The van der Waals surface area contributed by atoms with E-state index in [1.165, 1.54) is 30.0 Å². The lowest BCUT2D eigenvalue weighted by Crippen LogP contribution is -2.81. The van der Waals surface area contributed by atoms with Crippen molar-refractivity contribution in [3.63, 3.8) is 0 Å². The highest BCUT2D eigenvalue weighted by molar-refractivity contribution is 9.09. The molecule has 2 atom stereocenters. The fourth-order valence-electron chi connectivity index (χ4n) is 3.20. The monoisotopic (exact) mass is 518 g/mol. The summed E-state index contributed by atoms with van der Waals surface area (Å²) in [7, 11) is 0. The van der Waals surface area contributed by atoms with Crippen LogP contribution in [0.25, 0.3) is 0 Å². The molecule has 3 heterocycles. The normalized spacial score (nSPS) is 22.9. The summed E-state index contributed by atoms with van der Waals surface area (Å²) in [6, 6.07) is 3.64. The minimum Gasteiger partial charge on any atom is -0.477 e. The highest BCUT2D eigenvalue weighted by Crippen LogP contribution is 2.47. The second kappa shape index (κ2) is 9.50. The van der Waals surface area contributed by atoms with Gasteiger partial charge in [0, 0.05) is 28.5 Å². The summed E-state index contributed by atoms with van der Waals surface area (Å²) in [4.78, 5) is 50.6. The Kier molecular flexibility index (Phi) is 7.22. The number of amides is 2. The summed E-state index contributed by atoms with van der Waals surface area (Å²) < 4.78 is 10.7. The van der Waals surface area contributed by atoms with Crippen LogP contribution in [0, 0.1) is 0 Å². The number of alkyl halides is 1. The largest absolute Gasteiger partial charge is 0.477 e. The molecule has 0 radical (unpaired) electrons. The second-order valence-electron chi connectivity index (χ2n) is 6.45. The number of thioether (sulfide) groups is 1. The molecule has 1 aromatic rings. The molecule has 30 heavy (non-hydrogen) atoms.